The fraction of sp³-hybridized carbons (Fsp3) is 0.250. The number of carbonyl (C=O) groups excluding carboxylic acids is 2. The smallest absolute Gasteiger partial charge is 0.311 e. The van der Waals surface area contributed by atoms with Crippen LogP contribution in [-0.4, -0.2) is 28.5 Å². The number of amides is 2. The van der Waals surface area contributed by atoms with Crippen molar-refractivity contribution >= 4 is 46.2 Å². The molecule has 0 radical (unpaired) electrons. The molecule has 0 aliphatic carbocycles. The van der Waals surface area contributed by atoms with Crippen LogP contribution in [0.5, 0.6) is 5.75 Å². The Morgan fingerprint density at radius 2 is 1.80 bits per heavy atom. The molecule has 2 amide bonds. The average molecular weight is 430 g/mol. The second-order valence-electron chi connectivity index (χ2n) is 6.16. The van der Waals surface area contributed by atoms with Crippen molar-refractivity contribution in [3.05, 3.63) is 58.1 Å². The Morgan fingerprint density at radius 1 is 1.10 bits per heavy atom. The minimum Gasteiger partial charge on any atom is -0.487 e. The van der Waals surface area contributed by atoms with Crippen molar-refractivity contribution in [1.82, 2.24) is 5.32 Å². The number of hydrogen-bond donors (Lipinski definition) is 3. The fourth-order valence-electron chi connectivity index (χ4n) is 2.54. The van der Waals surface area contributed by atoms with E-state index < -0.39 is 10.8 Å². The summed E-state index contributed by atoms with van der Waals surface area (Å²) in [5.41, 5.74) is 0.913. The zero-order valence-corrected chi connectivity index (χ0v) is 17.4. The third-order valence-electron chi connectivity index (χ3n) is 3.83. The lowest BCUT2D eigenvalue weighted by Crippen LogP contribution is -2.34. The lowest BCUT2D eigenvalue weighted by Gasteiger charge is -2.12. The molecule has 0 saturated heterocycles. The molecule has 2 aromatic carbocycles. The SMILES string of the molecule is CCCC(=O)Nc1cccc(NC(=S)NC(=O)c2ccc(OCC)c([N+](=O)[O-])c2)c1. The van der Waals surface area contributed by atoms with Crippen molar-refractivity contribution in [3.8, 4) is 5.75 Å². The fourth-order valence-corrected chi connectivity index (χ4v) is 2.75. The Balaban J connectivity index is 2.04. The van der Waals surface area contributed by atoms with Gasteiger partial charge in [0.05, 0.1) is 11.5 Å². The molecular formula is C20H22N4O5S. The highest BCUT2D eigenvalue weighted by molar-refractivity contribution is 7.80. The summed E-state index contributed by atoms with van der Waals surface area (Å²) in [6, 6.07) is 10.8. The molecule has 158 valence electrons. The lowest BCUT2D eigenvalue weighted by atomic mass is 10.1. The second-order valence-corrected chi connectivity index (χ2v) is 6.57. The van der Waals surface area contributed by atoms with Crippen LogP contribution in [0.2, 0.25) is 0 Å². The zero-order valence-electron chi connectivity index (χ0n) is 16.6. The van der Waals surface area contributed by atoms with Crippen LogP contribution < -0.4 is 20.7 Å². The molecule has 0 spiro atoms. The van der Waals surface area contributed by atoms with Crippen molar-refractivity contribution in [2.24, 2.45) is 0 Å². The molecule has 0 unspecified atom stereocenters. The van der Waals surface area contributed by atoms with E-state index in [4.69, 9.17) is 17.0 Å². The van der Waals surface area contributed by atoms with Crippen molar-refractivity contribution in [3.63, 3.8) is 0 Å². The number of rotatable bonds is 8. The third-order valence-corrected chi connectivity index (χ3v) is 4.03. The standard InChI is InChI=1S/C20H22N4O5S/c1-3-6-18(25)21-14-7-5-8-15(12-14)22-20(30)23-19(26)13-9-10-17(29-4-2)16(11-13)24(27)28/h5,7-12H,3-4,6H2,1-2H3,(H,21,25)(H2,22,23,26,30). The molecule has 0 heterocycles. The Labute approximate surface area is 179 Å². The Hall–Kier alpha value is -3.53. The van der Waals surface area contributed by atoms with Gasteiger partial charge < -0.3 is 15.4 Å². The summed E-state index contributed by atoms with van der Waals surface area (Å²) in [5.74, 6) is -0.615. The van der Waals surface area contributed by atoms with Crippen molar-refractivity contribution in [1.29, 1.82) is 0 Å². The molecule has 3 N–H and O–H groups in total. The van der Waals surface area contributed by atoms with E-state index in [9.17, 15) is 19.7 Å². The zero-order chi connectivity index (χ0) is 22.1. The third kappa shape index (κ3) is 6.52. The molecule has 0 aromatic heterocycles. The molecule has 10 heteroatoms. The number of hydrogen-bond acceptors (Lipinski definition) is 6. The maximum Gasteiger partial charge on any atom is 0.311 e. The molecule has 0 atom stereocenters. The van der Waals surface area contributed by atoms with Crippen molar-refractivity contribution in [2.75, 3.05) is 17.2 Å². The Morgan fingerprint density at radius 3 is 2.43 bits per heavy atom. The van der Waals surface area contributed by atoms with Gasteiger partial charge in [0.2, 0.25) is 5.91 Å². The normalized spacial score (nSPS) is 10.1. The first kappa shape index (κ1) is 22.8. The number of thiocarbonyl (C=S) groups is 1. The molecule has 0 fully saturated rings. The summed E-state index contributed by atoms with van der Waals surface area (Å²) in [7, 11) is 0. The maximum atomic E-state index is 12.4. The molecule has 0 aliphatic heterocycles. The molecule has 0 bridgehead atoms. The van der Waals surface area contributed by atoms with Gasteiger partial charge in [0.25, 0.3) is 5.91 Å². The number of nitro benzene ring substituents is 1. The highest BCUT2D eigenvalue weighted by atomic mass is 32.1. The van der Waals surface area contributed by atoms with E-state index in [0.29, 0.717) is 17.8 Å². The maximum absolute atomic E-state index is 12.4. The van der Waals surface area contributed by atoms with Gasteiger partial charge in [-0.05, 0) is 55.9 Å². The van der Waals surface area contributed by atoms with Gasteiger partial charge in [0.1, 0.15) is 0 Å². The number of benzene rings is 2. The van der Waals surface area contributed by atoms with Crippen LogP contribution in [0.1, 0.15) is 37.0 Å². The van der Waals surface area contributed by atoms with Gasteiger partial charge in [-0.1, -0.05) is 13.0 Å². The summed E-state index contributed by atoms with van der Waals surface area (Å²) in [6.45, 7) is 3.88. The first-order chi connectivity index (χ1) is 14.3. The molecule has 30 heavy (non-hydrogen) atoms. The quantitative estimate of drug-likeness (QED) is 0.330. The summed E-state index contributed by atoms with van der Waals surface area (Å²) in [4.78, 5) is 34.7. The number of anilines is 2. The van der Waals surface area contributed by atoms with E-state index >= 15 is 0 Å². The Kier molecular flexibility index (Phi) is 8.24. The number of nitro groups is 1. The van der Waals surface area contributed by atoms with Crippen molar-refractivity contribution in [2.45, 2.75) is 26.7 Å². The Bertz CT molecular complexity index is 964. The minimum atomic E-state index is -0.614. The van der Waals surface area contributed by atoms with E-state index in [1.807, 2.05) is 6.92 Å². The summed E-state index contributed by atoms with van der Waals surface area (Å²) in [5, 5.41) is 19.3. The van der Waals surface area contributed by atoms with E-state index in [1.165, 1.54) is 12.1 Å². The predicted octanol–water partition coefficient (Wildman–Crippen LogP) is 3.86. The average Bonchev–Trinajstić information content (AvgIpc) is 2.68. The number of carbonyl (C=O) groups is 2. The first-order valence-electron chi connectivity index (χ1n) is 9.27. The monoisotopic (exact) mass is 430 g/mol. The number of ether oxygens (including phenoxy) is 1. The number of nitrogens with one attached hydrogen (secondary N) is 3. The highest BCUT2D eigenvalue weighted by Gasteiger charge is 2.19. The topological polar surface area (TPSA) is 123 Å². The van der Waals surface area contributed by atoms with Crippen LogP contribution in [-0.2, 0) is 4.79 Å². The molecule has 2 rings (SSSR count). The van der Waals surface area contributed by atoms with Crippen LogP contribution in [0.25, 0.3) is 0 Å². The van der Waals surface area contributed by atoms with Crippen LogP contribution in [0.15, 0.2) is 42.5 Å². The molecule has 0 saturated carbocycles. The predicted molar refractivity (Wildman–Crippen MR) is 118 cm³/mol. The lowest BCUT2D eigenvalue weighted by molar-refractivity contribution is -0.385. The summed E-state index contributed by atoms with van der Waals surface area (Å²) in [6.07, 6.45) is 1.16. The molecule has 2 aromatic rings. The number of nitrogens with zero attached hydrogens (tertiary/aromatic N) is 1. The molecule has 9 nitrogen and oxygen atoms in total. The molecule has 0 aliphatic rings. The van der Waals surface area contributed by atoms with Crippen LogP contribution in [0.4, 0.5) is 17.1 Å². The molecular weight excluding hydrogens is 408 g/mol. The van der Waals surface area contributed by atoms with E-state index in [-0.39, 0.29) is 34.6 Å². The van der Waals surface area contributed by atoms with Gasteiger partial charge in [0, 0.05) is 29.4 Å². The van der Waals surface area contributed by atoms with Crippen LogP contribution in [0, 0.1) is 10.1 Å². The van der Waals surface area contributed by atoms with Crippen molar-refractivity contribution < 1.29 is 19.2 Å². The first-order valence-corrected chi connectivity index (χ1v) is 9.68. The van der Waals surface area contributed by atoms with Gasteiger partial charge in [-0.25, -0.2) is 0 Å². The van der Waals surface area contributed by atoms with E-state index in [0.717, 1.165) is 12.5 Å². The van der Waals surface area contributed by atoms with Crippen LogP contribution in [0.3, 0.4) is 0 Å². The van der Waals surface area contributed by atoms with Gasteiger partial charge >= 0.3 is 5.69 Å². The van der Waals surface area contributed by atoms with Gasteiger partial charge in [-0.3, -0.25) is 25.0 Å². The van der Waals surface area contributed by atoms with Crippen LogP contribution >= 0.6 is 12.2 Å². The second kappa shape index (κ2) is 10.9. The van der Waals surface area contributed by atoms with E-state index in [2.05, 4.69) is 16.0 Å². The van der Waals surface area contributed by atoms with Gasteiger partial charge in [-0.15, -0.1) is 0 Å². The largest absolute Gasteiger partial charge is 0.487 e. The minimum absolute atomic E-state index is 0.00794. The summed E-state index contributed by atoms with van der Waals surface area (Å²) < 4.78 is 5.21. The van der Waals surface area contributed by atoms with Gasteiger partial charge in [-0.2, -0.15) is 0 Å². The van der Waals surface area contributed by atoms with E-state index in [1.54, 1.807) is 31.2 Å². The summed E-state index contributed by atoms with van der Waals surface area (Å²) >= 11 is 5.15. The highest BCUT2D eigenvalue weighted by Crippen LogP contribution is 2.28. The van der Waals surface area contributed by atoms with Gasteiger partial charge in [0.15, 0.2) is 10.9 Å².